The van der Waals surface area contributed by atoms with Gasteiger partial charge in [0, 0.05) is 34.1 Å². The lowest BCUT2D eigenvalue weighted by molar-refractivity contribution is 0.0926. The van der Waals surface area contributed by atoms with Gasteiger partial charge in [0.25, 0.3) is 5.91 Å². The SMILES string of the molecule is COc1cc2c(cc1OC)-c1n[nH]c(C(=O)N[C@@H]3CCCc4c3[nH]c3ccccc43)c1C2. The van der Waals surface area contributed by atoms with Gasteiger partial charge in [0.1, 0.15) is 5.69 Å². The first-order chi connectivity index (χ1) is 15.7. The average molecular weight is 428 g/mol. The molecule has 0 unspecified atom stereocenters. The Morgan fingerprint density at radius 1 is 1.12 bits per heavy atom. The molecule has 4 aromatic rings. The fourth-order valence-corrected chi connectivity index (χ4v) is 5.22. The molecule has 0 aliphatic heterocycles. The molecule has 1 atom stereocenters. The van der Waals surface area contributed by atoms with Crippen molar-refractivity contribution >= 4 is 16.8 Å². The van der Waals surface area contributed by atoms with Gasteiger partial charge in [-0.15, -0.1) is 0 Å². The zero-order chi connectivity index (χ0) is 21.8. The summed E-state index contributed by atoms with van der Waals surface area (Å²) in [4.78, 5) is 16.9. The Balaban J connectivity index is 1.31. The van der Waals surface area contributed by atoms with Gasteiger partial charge in [-0.2, -0.15) is 5.10 Å². The number of nitrogens with one attached hydrogen (secondary N) is 3. The first-order valence-corrected chi connectivity index (χ1v) is 10.9. The van der Waals surface area contributed by atoms with Gasteiger partial charge < -0.3 is 19.8 Å². The quantitative estimate of drug-likeness (QED) is 0.398. The fraction of sp³-hybridized carbons (Fsp3) is 0.280. The third kappa shape index (κ3) is 2.74. The van der Waals surface area contributed by atoms with Crippen LogP contribution in [0.5, 0.6) is 11.5 Å². The highest BCUT2D eigenvalue weighted by molar-refractivity contribution is 5.97. The minimum atomic E-state index is -0.123. The highest BCUT2D eigenvalue weighted by atomic mass is 16.5. The zero-order valence-corrected chi connectivity index (χ0v) is 18.0. The minimum Gasteiger partial charge on any atom is -0.493 e. The molecule has 0 saturated carbocycles. The topological polar surface area (TPSA) is 92.0 Å². The average Bonchev–Trinajstić information content (AvgIpc) is 3.50. The lowest BCUT2D eigenvalue weighted by Crippen LogP contribution is -2.31. The summed E-state index contributed by atoms with van der Waals surface area (Å²) in [5, 5.41) is 12.0. The number of hydrogen-bond donors (Lipinski definition) is 3. The lowest BCUT2D eigenvalue weighted by Gasteiger charge is -2.23. The molecule has 0 fully saturated rings. The van der Waals surface area contributed by atoms with Gasteiger partial charge in [-0.05, 0) is 48.6 Å². The summed E-state index contributed by atoms with van der Waals surface area (Å²) in [6.07, 6.45) is 3.62. The number of nitrogens with zero attached hydrogens (tertiary/aromatic N) is 1. The van der Waals surface area contributed by atoms with Crippen molar-refractivity contribution in [2.24, 2.45) is 0 Å². The molecular weight excluding hydrogens is 404 g/mol. The van der Waals surface area contributed by atoms with E-state index < -0.39 is 0 Å². The maximum atomic E-state index is 13.3. The summed E-state index contributed by atoms with van der Waals surface area (Å²) in [6, 6.07) is 12.2. The van der Waals surface area contributed by atoms with Crippen molar-refractivity contribution in [3.05, 3.63) is 64.5 Å². The molecule has 2 aliphatic carbocycles. The van der Waals surface area contributed by atoms with Crippen molar-refractivity contribution in [2.75, 3.05) is 14.2 Å². The molecule has 0 bridgehead atoms. The van der Waals surface area contributed by atoms with Crippen molar-refractivity contribution in [3.63, 3.8) is 0 Å². The van der Waals surface area contributed by atoms with Gasteiger partial charge in [-0.3, -0.25) is 9.89 Å². The molecule has 162 valence electrons. The van der Waals surface area contributed by atoms with E-state index in [4.69, 9.17) is 9.47 Å². The second-order valence-corrected chi connectivity index (χ2v) is 8.45. The van der Waals surface area contributed by atoms with E-state index in [9.17, 15) is 4.79 Å². The van der Waals surface area contributed by atoms with Crippen LogP contribution in [0.2, 0.25) is 0 Å². The Morgan fingerprint density at radius 3 is 2.78 bits per heavy atom. The summed E-state index contributed by atoms with van der Waals surface area (Å²) in [5.74, 6) is 1.21. The van der Waals surface area contributed by atoms with E-state index >= 15 is 0 Å². The normalized spacial score (nSPS) is 16.4. The third-order valence-electron chi connectivity index (χ3n) is 6.75. The van der Waals surface area contributed by atoms with Gasteiger partial charge in [-0.1, -0.05) is 18.2 Å². The summed E-state index contributed by atoms with van der Waals surface area (Å²) < 4.78 is 10.9. The fourth-order valence-electron chi connectivity index (χ4n) is 5.22. The molecule has 1 amide bonds. The molecule has 2 aromatic heterocycles. The number of rotatable bonds is 4. The number of fused-ring (bicyclic) bond motifs is 6. The van der Waals surface area contributed by atoms with Gasteiger partial charge in [0.05, 0.1) is 26.0 Å². The minimum absolute atomic E-state index is 0.0402. The molecule has 0 spiro atoms. The standard InChI is InChI=1S/C25H24N4O3/c1-31-20-11-13-10-17-22(16(13)12-21(20)32-2)28-29-24(17)25(30)27-19-9-5-7-15-14-6-3-4-8-18(14)26-23(15)19/h3-4,6,8,11-12,19,26H,5,7,9-10H2,1-2H3,(H,27,30)(H,28,29)/t19-/m1/s1. The van der Waals surface area contributed by atoms with E-state index in [0.717, 1.165) is 52.9 Å². The molecule has 2 aromatic carbocycles. The summed E-state index contributed by atoms with van der Waals surface area (Å²) in [6.45, 7) is 0. The number of carbonyl (C=O) groups excluding carboxylic acids is 1. The van der Waals surface area contributed by atoms with Gasteiger partial charge in [0.15, 0.2) is 11.5 Å². The highest BCUT2D eigenvalue weighted by Crippen LogP contribution is 2.43. The van der Waals surface area contributed by atoms with Crippen molar-refractivity contribution in [2.45, 2.75) is 31.7 Å². The van der Waals surface area contributed by atoms with Gasteiger partial charge in [-0.25, -0.2) is 0 Å². The third-order valence-corrected chi connectivity index (χ3v) is 6.75. The smallest absolute Gasteiger partial charge is 0.270 e. The number of methoxy groups -OCH3 is 2. The second-order valence-electron chi connectivity index (χ2n) is 8.45. The van der Waals surface area contributed by atoms with Gasteiger partial charge >= 0.3 is 0 Å². The van der Waals surface area contributed by atoms with Gasteiger partial charge in [0.2, 0.25) is 0 Å². The van der Waals surface area contributed by atoms with Crippen molar-refractivity contribution in [3.8, 4) is 22.8 Å². The van der Waals surface area contributed by atoms with Crippen LogP contribution in [0, 0.1) is 0 Å². The van der Waals surface area contributed by atoms with E-state index in [-0.39, 0.29) is 11.9 Å². The first-order valence-electron chi connectivity index (χ1n) is 10.9. The number of para-hydroxylation sites is 1. The zero-order valence-electron chi connectivity index (χ0n) is 18.0. The Kier molecular flexibility index (Phi) is 4.24. The summed E-state index contributed by atoms with van der Waals surface area (Å²) >= 11 is 0. The van der Waals surface area contributed by atoms with E-state index in [1.807, 2.05) is 18.2 Å². The number of carbonyl (C=O) groups is 1. The molecular formula is C25H24N4O3. The van der Waals surface area contributed by atoms with Crippen molar-refractivity contribution < 1.29 is 14.3 Å². The lowest BCUT2D eigenvalue weighted by atomic mass is 9.91. The molecule has 3 N–H and O–H groups in total. The predicted molar refractivity (Wildman–Crippen MR) is 121 cm³/mol. The van der Waals surface area contributed by atoms with Crippen molar-refractivity contribution in [1.29, 1.82) is 0 Å². The number of amides is 1. The monoisotopic (exact) mass is 428 g/mol. The number of H-pyrrole nitrogens is 2. The van der Waals surface area contributed by atoms with E-state index in [1.54, 1.807) is 14.2 Å². The highest BCUT2D eigenvalue weighted by Gasteiger charge is 2.31. The van der Waals surface area contributed by atoms with Crippen LogP contribution in [0.25, 0.3) is 22.2 Å². The van der Waals surface area contributed by atoms with E-state index in [0.29, 0.717) is 23.6 Å². The number of aromatic nitrogens is 3. The Bertz CT molecular complexity index is 1370. The second kappa shape index (κ2) is 7.15. The van der Waals surface area contributed by atoms with Crippen LogP contribution < -0.4 is 14.8 Å². The van der Waals surface area contributed by atoms with Crippen LogP contribution in [0.15, 0.2) is 36.4 Å². The van der Waals surface area contributed by atoms with Crippen LogP contribution in [0.3, 0.4) is 0 Å². The molecule has 2 aliphatic rings. The summed E-state index contributed by atoms with van der Waals surface area (Å²) in [5.41, 5.74) is 7.87. The molecule has 0 radical (unpaired) electrons. The van der Waals surface area contributed by atoms with E-state index in [1.165, 1.54) is 10.9 Å². The predicted octanol–water partition coefficient (Wildman–Crippen LogP) is 4.29. The Labute approximate surface area is 185 Å². The van der Waals surface area contributed by atoms with Crippen LogP contribution in [-0.2, 0) is 12.8 Å². The Hall–Kier alpha value is -3.74. The molecule has 6 rings (SSSR count). The number of ether oxygens (including phenoxy) is 2. The van der Waals surface area contributed by atoms with E-state index in [2.05, 4.69) is 38.7 Å². The first kappa shape index (κ1) is 19.0. The Morgan fingerprint density at radius 2 is 1.94 bits per heavy atom. The summed E-state index contributed by atoms with van der Waals surface area (Å²) in [7, 11) is 3.24. The number of aryl methyl sites for hydroxylation is 1. The maximum Gasteiger partial charge on any atom is 0.270 e. The van der Waals surface area contributed by atoms with Crippen LogP contribution in [0.4, 0.5) is 0 Å². The molecule has 7 heteroatoms. The van der Waals surface area contributed by atoms with Crippen molar-refractivity contribution in [1.82, 2.24) is 20.5 Å². The maximum absolute atomic E-state index is 13.3. The van der Waals surface area contributed by atoms with Crippen LogP contribution in [0.1, 0.15) is 51.8 Å². The molecule has 0 saturated heterocycles. The molecule has 32 heavy (non-hydrogen) atoms. The van der Waals surface area contributed by atoms with Crippen LogP contribution in [-0.4, -0.2) is 35.3 Å². The number of benzene rings is 2. The molecule has 2 heterocycles. The number of hydrogen-bond acceptors (Lipinski definition) is 4. The number of aromatic amines is 2. The van der Waals surface area contributed by atoms with Crippen LogP contribution >= 0.6 is 0 Å². The largest absolute Gasteiger partial charge is 0.493 e. The molecule has 7 nitrogen and oxygen atoms in total.